The smallest absolute Gasteiger partial charge is 0.416 e. The van der Waals surface area contributed by atoms with Gasteiger partial charge in [0.1, 0.15) is 5.60 Å². The number of methoxy groups -OCH3 is 1. The van der Waals surface area contributed by atoms with Gasteiger partial charge < -0.3 is 24.6 Å². The zero-order chi connectivity index (χ0) is 30.6. The summed E-state index contributed by atoms with van der Waals surface area (Å²) in [5, 5.41) is 2.48. The van der Waals surface area contributed by atoms with E-state index in [1.165, 1.54) is 11.9 Å². The molecule has 1 aliphatic rings. The van der Waals surface area contributed by atoms with E-state index in [1.54, 1.807) is 27.7 Å². The highest BCUT2D eigenvalue weighted by Crippen LogP contribution is 2.38. The van der Waals surface area contributed by atoms with E-state index in [2.05, 4.69) is 5.32 Å². The van der Waals surface area contributed by atoms with Crippen molar-refractivity contribution < 1.29 is 50.2 Å². The van der Waals surface area contributed by atoms with Gasteiger partial charge >= 0.3 is 24.5 Å². The minimum absolute atomic E-state index is 0.00333. The Balaban J connectivity index is 2.53. The summed E-state index contributed by atoms with van der Waals surface area (Å²) in [6.07, 6.45) is -11.4. The van der Waals surface area contributed by atoms with Crippen molar-refractivity contribution in [2.45, 2.75) is 96.0 Å². The Labute approximate surface area is 228 Å². The lowest BCUT2D eigenvalue weighted by Gasteiger charge is -2.47. The fourth-order valence-corrected chi connectivity index (χ4v) is 4.75. The van der Waals surface area contributed by atoms with Crippen LogP contribution in [-0.4, -0.2) is 65.8 Å². The van der Waals surface area contributed by atoms with Gasteiger partial charge in [-0.2, -0.15) is 26.3 Å². The molecular weight excluding hydrogens is 548 g/mol. The second-order valence-electron chi connectivity index (χ2n) is 10.6. The first-order chi connectivity index (χ1) is 18.3. The minimum atomic E-state index is -5.06. The lowest BCUT2D eigenvalue weighted by Crippen LogP contribution is -2.59. The molecule has 226 valence electrons. The number of carbonyl (C=O) groups excluding carboxylic acids is 3. The molecule has 1 aliphatic heterocycles. The van der Waals surface area contributed by atoms with E-state index in [1.807, 2.05) is 0 Å². The van der Waals surface area contributed by atoms with E-state index in [0.717, 1.165) is 12.0 Å². The molecule has 0 spiro atoms. The molecule has 8 nitrogen and oxygen atoms in total. The van der Waals surface area contributed by atoms with Crippen molar-refractivity contribution in [3.63, 3.8) is 0 Å². The topological polar surface area (TPSA) is 88.2 Å². The molecular formula is C26H35F6N3O5. The van der Waals surface area contributed by atoms with Crippen molar-refractivity contribution in [3.8, 4) is 0 Å². The quantitative estimate of drug-likeness (QED) is 0.417. The normalized spacial score (nSPS) is 20.1. The van der Waals surface area contributed by atoms with Crippen molar-refractivity contribution in [2.75, 3.05) is 14.2 Å². The summed E-state index contributed by atoms with van der Waals surface area (Å²) in [6.45, 7) is 6.17. The summed E-state index contributed by atoms with van der Waals surface area (Å²) in [6, 6.07) is -0.992. The van der Waals surface area contributed by atoms with Gasteiger partial charge in [-0.15, -0.1) is 0 Å². The number of likely N-dealkylation sites (tertiary alicyclic amines) is 1. The van der Waals surface area contributed by atoms with E-state index in [0.29, 0.717) is 18.6 Å². The van der Waals surface area contributed by atoms with Crippen LogP contribution < -0.4 is 5.32 Å². The van der Waals surface area contributed by atoms with Crippen LogP contribution in [0.5, 0.6) is 0 Å². The van der Waals surface area contributed by atoms with Crippen molar-refractivity contribution in [1.82, 2.24) is 15.1 Å². The van der Waals surface area contributed by atoms with Crippen LogP contribution in [0.3, 0.4) is 0 Å². The number of benzene rings is 1. The predicted molar refractivity (Wildman–Crippen MR) is 132 cm³/mol. The number of hydrogen-bond donors (Lipinski definition) is 1. The van der Waals surface area contributed by atoms with Gasteiger partial charge in [-0.1, -0.05) is 6.92 Å². The fourth-order valence-electron chi connectivity index (χ4n) is 4.75. The molecule has 1 N–H and O–H groups in total. The maximum absolute atomic E-state index is 13.4. The van der Waals surface area contributed by atoms with Crippen LogP contribution in [-0.2, 0) is 33.2 Å². The molecule has 3 amide bonds. The Kier molecular flexibility index (Phi) is 10.4. The van der Waals surface area contributed by atoms with Gasteiger partial charge in [-0.05, 0) is 63.8 Å². The van der Waals surface area contributed by atoms with Crippen molar-refractivity contribution in [3.05, 3.63) is 34.9 Å². The van der Waals surface area contributed by atoms with E-state index < -0.39 is 77.4 Å². The number of nitrogens with one attached hydrogen (secondary N) is 1. The highest BCUT2D eigenvalue weighted by atomic mass is 19.4. The average molecular weight is 584 g/mol. The standard InChI is InChI=1S/C26H35F6N3O5/c1-7-18-11-19(12-20(13-21(36)33-5)35(18)23(38)40-24(2,3)4)34(22(37)39-6)14-15-8-16(25(27,28)29)10-17(9-15)26(30,31)32/h8-10,18-20H,7,11-14H2,1-6H3,(H,33,36)/t18-,19+,20-/m1/s1. The highest BCUT2D eigenvalue weighted by Gasteiger charge is 2.44. The van der Waals surface area contributed by atoms with Gasteiger partial charge in [0, 0.05) is 38.1 Å². The maximum atomic E-state index is 13.4. The molecule has 0 radical (unpaired) electrons. The van der Waals surface area contributed by atoms with Gasteiger partial charge in [0.2, 0.25) is 5.91 Å². The predicted octanol–water partition coefficient (Wildman–Crippen LogP) is 5.98. The van der Waals surface area contributed by atoms with Gasteiger partial charge in [0.05, 0.1) is 18.2 Å². The SMILES string of the molecule is CC[C@@H]1C[C@H](N(Cc2cc(C(F)(F)F)cc(C(F)(F)F)c2)C(=O)OC)C[C@H](CC(=O)NC)N1C(=O)OC(C)(C)C. The second kappa shape index (κ2) is 12.5. The molecule has 0 saturated carbocycles. The number of hydrogen-bond acceptors (Lipinski definition) is 5. The molecule has 1 aromatic carbocycles. The van der Waals surface area contributed by atoms with Crippen LogP contribution in [0.25, 0.3) is 0 Å². The summed E-state index contributed by atoms with van der Waals surface area (Å²) < 4.78 is 91.0. The minimum Gasteiger partial charge on any atom is -0.453 e. The molecule has 3 atom stereocenters. The van der Waals surface area contributed by atoms with Crippen molar-refractivity contribution >= 4 is 18.1 Å². The number of piperidine rings is 1. The van der Waals surface area contributed by atoms with E-state index in [4.69, 9.17) is 9.47 Å². The molecule has 14 heteroatoms. The monoisotopic (exact) mass is 583 g/mol. The summed E-state index contributed by atoms with van der Waals surface area (Å²) in [7, 11) is 2.45. The lowest BCUT2D eigenvalue weighted by atomic mass is 9.87. The number of alkyl halides is 6. The molecule has 1 saturated heterocycles. The molecule has 0 aromatic heterocycles. The number of rotatable bonds is 6. The summed E-state index contributed by atoms with van der Waals surface area (Å²) >= 11 is 0. The Morgan fingerprint density at radius 2 is 1.50 bits per heavy atom. The summed E-state index contributed by atoms with van der Waals surface area (Å²) in [5.41, 5.74) is -4.27. The maximum Gasteiger partial charge on any atom is 0.416 e. The average Bonchev–Trinajstić information content (AvgIpc) is 2.83. The largest absolute Gasteiger partial charge is 0.453 e. The zero-order valence-electron chi connectivity index (χ0n) is 23.2. The van der Waals surface area contributed by atoms with Gasteiger partial charge in [-0.3, -0.25) is 4.79 Å². The van der Waals surface area contributed by atoms with Crippen LogP contribution in [0.15, 0.2) is 18.2 Å². The first-order valence-electron chi connectivity index (χ1n) is 12.7. The summed E-state index contributed by atoms with van der Waals surface area (Å²) in [4.78, 5) is 40.8. The van der Waals surface area contributed by atoms with Crippen molar-refractivity contribution in [2.24, 2.45) is 0 Å². The van der Waals surface area contributed by atoms with Crippen LogP contribution in [0, 0.1) is 0 Å². The molecule has 0 aliphatic carbocycles. The number of amides is 3. The van der Waals surface area contributed by atoms with Crippen LogP contribution in [0.1, 0.15) is 70.1 Å². The van der Waals surface area contributed by atoms with Crippen LogP contribution in [0.2, 0.25) is 0 Å². The first kappa shape index (κ1) is 33.0. The lowest BCUT2D eigenvalue weighted by molar-refractivity contribution is -0.143. The number of nitrogens with zero attached hydrogens (tertiary/aromatic N) is 2. The molecule has 1 aromatic rings. The van der Waals surface area contributed by atoms with E-state index in [9.17, 15) is 40.7 Å². The van der Waals surface area contributed by atoms with E-state index >= 15 is 0 Å². The first-order valence-corrected chi connectivity index (χ1v) is 12.7. The number of halogens is 6. The molecule has 2 rings (SSSR count). The number of ether oxygens (including phenoxy) is 2. The Hall–Kier alpha value is -3.19. The van der Waals surface area contributed by atoms with Gasteiger partial charge in [-0.25, -0.2) is 9.59 Å². The fraction of sp³-hybridized carbons (Fsp3) is 0.654. The number of carbonyl (C=O) groups is 3. The molecule has 1 heterocycles. The summed E-state index contributed by atoms with van der Waals surface area (Å²) in [5.74, 6) is -0.411. The third-order valence-corrected chi connectivity index (χ3v) is 6.50. The van der Waals surface area contributed by atoms with Crippen LogP contribution >= 0.6 is 0 Å². The molecule has 0 bridgehead atoms. The Morgan fingerprint density at radius 1 is 0.975 bits per heavy atom. The Morgan fingerprint density at radius 3 is 1.93 bits per heavy atom. The van der Waals surface area contributed by atoms with Gasteiger partial charge in [0.25, 0.3) is 0 Å². The van der Waals surface area contributed by atoms with Gasteiger partial charge in [0.15, 0.2) is 0 Å². The highest BCUT2D eigenvalue weighted by molar-refractivity contribution is 5.78. The third-order valence-electron chi connectivity index (χ3n) is 6.50. The van der Waals surface area contributed by atoms with Crippen LogP contribution in [0.4, 0.5) is 35.9 Å². The molecule has 40 heavy (non-hydrogen) atoms. The van der Waals surface area contributed by atoms with E-state index in [-0.39, 0.29) is 25.3 Å². The zero-order valence-corrected chi connectivity index (χ0v) is 23.2. The molecule has 0 unspecified atom stereocenters. The molecule has 1 fully saturated rings. The second-order valence-corrected chi connectivity index (χ2v) is 10.6. The van der Waals surface area contributed by atoms with Crippen molar-refractivity contribution in [1.29, 1.82) is 0 Å². The third kappa shape index (κ3) is 8.65. The Bertz CT molecular complexity index is 1040.